The highest BCUT2D eigenvalue weighted by atomic mass is 35.5. The van der Waals surface area contributed by atoms with E-state index in [1.165, 1.54) is 19.2 Å². The molecule has 0 saturated heterocycles. The van der Waals surface area contributed by atoms with Crippen molar-refractivity contribution in [3.05, 3.63) is 63.4 Å². The van der Waals surface area contributed by atoms with Gasteiger partial charge in [-0.3, -0.25) is 9.59 Å². The van der Waals surface area contributed by atoms with Crippen molar-refractivity contribution in [2.75, 3.05) is 5.32 Å². The van der Waals surface area contributed by atoms with Crippen LogP contribution in [0.4, 0.5) is 5.69 Å². The summed E-state index contributed by atoms with van der Waals surface area (Å²) >= 11 is 6.05. The SMILES string of the molecule is CC(=O)Nc1cc(Cc2nc(-c3ccc(=O)[nH]c3)no2)ccc1Cl. The minimum Gasteiger partial charge on any atom is -0.339 e. The van der Waals surface area contributed by atoms with Gasteiger partial charge in [-0.1, -0.05) is 22.8 Å². The summed E-state index contributed by atoms with van der Waals surface area (Å²) in [7, 11) is 0. The lowest BCUT2D eigenvalue weighted by Gasteiger charge is -2.06. The molecule has 1 aromatic carbocycles. The van der Waals surface area contributed by atoms with Crippen molar-refractivity contribution in [2.24, 2.45) is 0 Å². The number of hydrogen-bond donors (Lipinski definition) is 2. The molecular formula is C16H13ClN4O3. The quantitative estimate of drug-likeness (QED) is 0.757. The van der Waals surface area contributed by atoms with E-state index in [2.05, 4.69) is 20.4 Å². The lowest BCUT2D eigenvalue weighted by atomic mass is 10.1. The topological polar surface area (TPSA) is 101 Å². The van der Waals surface area contributed by atoms with E-state index in [-0.39, 0.29) is 11.5 Å². The Labute approximate surface area is 141 Å². The number of anilines is 1. The summed E-state index contributed by atoms with van der Waals surface area (Å²) in [5.41, 5.74) is 1.84. The number of halogens is 1. The number of carbonyl (C=O) groups is 1. The van der Waals surface area contributed by atoms with E-state index in [0.717, 1.165) is 5.56 Å². The molecule has 0 aliphatic carbocycles. The van der Waals surface area contributed by atoms with Gasteiger partial charge in [0.25, 0.3) is 0 Å². The van der Waals surface area contributed by atoms with Crippen LogP contribution in [0.5, 0.6) is 0 Å². The molecule has 24 heavy (non-hydrogen) atoms. The second kappa shape index (κ2) is 6.67. The molecule has 0 unspecified atom stereocenters. The molecule has 7 nitrogen and oxygen atoms in total. The van der Waals surface area contributed by atoms with Crippen molar-refractivity contribution >= 4 is 23.2 Å². The average Bonchev–Trinajstić information content (AvgIpc) is 2.99. The van der Waals surface area contributed by atoms with E-state index in [9.17, 15) is 9.59 Å². The van der Waals surface area contributed by atoms with Crippen LogP contribution in [0.15, 0.2) is 45.8 Å². The third kappa shape index (κ3) is 3.69. The predicted octanol–water partition coefficient (Wildman–Crippen LogP) is 2.63. The van der Waals surface area contributed by atoms with E-state index >= 15 is 0 Å². The van der Waals surface area contributed by atoms with Crippen molar-refractivity contribution < 1.29 is 9.32 Å². The average molecular weight is 345 g/mol. The molecule has 0 aliphatic rings. The Hall–Kier alpha value is -2.93. The number of benzene rings is 1. The van der Waals surface area contributed by atoms with Crippen LogP contribution in [0.25, 0.3) is 11.4 Å². The van der Waals surface area contributed by atoms with Crippen LogP contribution < -0.4 is 10.9 Å². The number of pyridine rings is 1. The van der Waals surface area contributed by atoms with Gasteiger partial charge in [-0.25, -0.2) is 0 Å². The fourth-order valence-electron chi connectivity index (χ4n) is 2.14. The Balaban J connectivity index is 1.81. The Morgan fingerprint density at radius 2 is 2.17 bits per heavy atom. The molecule has 3 aromatic rings. The lowest BCUT2D eigenvalue weighted by molar-refractivity contribution is -0.114. The standard InChI is InChI=1S/C16H13ClN4O3/c1-9(22)19-13-6-10(2-4-12(13)17)7-15-20-16(21-24-15)11-3-5-14(23)18-8-11/h2-6,8H,7H2,1H3,(H,18,23)(H,19,22). The lowest BCUT2D eigenvalue weighted by Crippen LogP contribution is -2.06. The van der Waals surface area contributed by atoms with Gasteiger partial charge in [0.15, 0.2) is 0 Å². The normalized spacial score (nSPS) is 10.6. The largest absolute Gasteiger partial charge is 0.339 e. The maximum atomic E-state index is 11.2. The number of nitrogens with one attached hydrogen (secondary N) is 2. The van der Waals surface area contributed by atoms with Crippen LogP contribution in [-0.4, -0.2) is 21.0 Å². The number of aromatic amines is 1. The zero-order valence-corrected chi connectivity index (χ0v) is 13.4. The zero-order valence-electron chi connectivity index (χ0n) is 12.7. The number of carbonyl (C=O) groups excluding carboxylic acids is 1. The third-order valence-corrected chi connectivity index (χ3v) is 3.54. The van der Waals surface area contributed by atoms with Gasteiger partial charge in [-0.05, 0) is 23.8 Å². The van der Waals surface area contributed by atoms with Crippen LogP contribution in [0.1, 0.15) is 18.4 Å². The molecular weight excluding hydrogens is 332 g/mol. The molecule has 3 rings (SSSR count). The van der Waals surface area contributed by atoms with Crippen molar-refractivity contribution in [1.29, 1.82) is 0 Å². The molecule has 0 fully saturated rings. The van der Waals surface area contributed by atoms with Gasteiger partial charge < -0.3 is 14.8 Å². The molecule has 0 bridgehead atoms. The highest BCUT2D eigenvalue weighted by molar-refractivity contribution is 6.33. The minimum absolute atomic E-state index is 0.200. The maximum Gasteiger partial charge on any atom is 0.247 e. The van der Waals surface area contributed by atoms with Crippen molar-refractivity contribution in [2.45, 2.75) is 13.3 Å². The molecule has 0 radical (unpaired) electrons. The summed E-state index contributed by atoms with van der Waals surface area (Å²) in [4.78, 5) is 29.1. The van der Waals surface area contributed by atoms with Gasteiger partial charge in [0, 0.05) is 24.8 Å². The van der Waals surface area contributed by atoms with Gasteiger partial charge in [0.1, 0.15) is 0 Å². The monoisotopic (exact) mass is 344 g/mol. The second-order valence-corrected chi connectivity index (χ2v) is 5.53. The fraction of sp³-hybridized carbons (Fsp3) is 0.125. The number of aromatic nitrogens is 3. The number of rotatable bonds is 4. The predicted molar refractivity (Wildman–Crippen MR) is 88.9 cm³/mol. The Kier molecular flexibility index (Phi) is 4.43. The van der Waals surface area contributed by atoms with Crippen molar-refractivity contribution in [3.8, 4) is 11.4 Å². The van der Waals surface area contributed by atoms with Crippen molar-refractivity contribution in [1.82, 2.24) is 15.1 Å². The van der Waals surface area contributed by atoms with E-state index < -0.39 is 0 Å². The highest BCUT2D eigenvalue weighted by Crippen LogP contribution is 2.24. The maximum absolute atomic E-state index is 11.2. The van der Waals surface area contributed by atoms with E-state index in [1.807, 2.05) is 6.07 Å². The summed E-state index contributed by atoms with van der Waals surface area (Å²) in [6, 6.07) is 8.28. The van der Waals surface area contributed by atoms with Crippen LogP contribution in [0.2, 0.25) is 5.02 Å². The first-order chi connectivity index (χ1) is 11.5. The smallest absolute Gasteiger partial charge is 0.247 e. The number of H-pyrrole nitrogens is 1. The van der Waals surface area contributed by atoms with Crippen LogP contribution in [-0.2, 0) is 11.2 Å². The Morgan fingerprint density at radius 3 is 2.88 bits per heavy atom. The van der Waals surface area contributed by atoms with Crippen LogP contribution in [0, 0.1) is 0 Å². The minimum atomic E-state index is -0.202. The van der Waals surface area contributed by atoms with Crippen LogP contribution >= 0.6 is 11.6 Å². The first-order valence-electron chi connectivity index (χ1n) is 7.09. The summed E-state index contributed by atoms with van der Waals surface area (Å²) in [5, 5.41) is 7.01. The molecule has 1 amide bonds. The van der Waals surface area contributed by atoms with E-state index in [1.54, 1.807) is 18.2 Å². The summed E-state index contributed by atoms with van der Waals surface area (Å²) in [6.07, 6.45) is 1.91. The first kappa shape index (κ1) is 15.9. The van der Waals surface area contributed by atoms with Gasteiger partial charge in [0.2, 0.25) is 23.2 Å². The molecule has 0 aliphatic heterocycles. The molecule has 8 heteroatoms. The summed E-state index contributed by atoms with van der Waals surface area (Å²) in [6.45, 7) is 1.41. The second-order valence-electron chi connectivity index (χ2n) is 5.13. The first-order valence-corrected chi connectivity index (χ1v) is 7.47. The molecule has 0 saturated carbocycles. The molecule has 0 spiro atoms. The number of hydrogen-bond acceptors (Lipinski definition) is 5. The van der Waals surface area contributed by atoms with Gasteiger partial charge >= 0.3 is 0 Å². The number of nitrogens with zero attached hydrogens (tertiary/aromatic N) is 2. The van der Waals surface area contributed by atoms with E-state index in [4.69, 9.17) is 16.1 Å². The van der Waals surface area contributed by atoms with E-state index in [0.29, 0.717) is 34.4 Å². The van der Waals surface area contributed by atoms with Crippen molar-refractivity contribution in [3.63, 3.8) is 0 Å². The fourth-order valence-corrected chi connectivity index (χ4v) is 2.30. The van der Waals surface area contributed by atoms with Gasteiger partial charge in [0.05, 0.1) is 17.1 Å². The van der Waals surface area contributed by atoms with Gasteiger partial charge in [-0.15, -0.1) is 0 Å². The Morgan fingerprint density at radius 1 is 1.33 bits per heavy atom. The molecule has 122 valence electrons. The third-order valence-electron chi connectivity index (χ3n) is 3.21. The van der Waals surface area contributed by atoms with Gasteiger partial charge in [-0.2, -0.15) is 4.98 Å². The molecule has 2 heterocycles. The zero-order chi connectivity index (χ0) is 17.1. The summed E-state index contributed by atoms with van der Waals surface area (Å²) in [5.74, 6) is 0.594. The molecule has 0 atom stereocenters. The number of amides is 1. The molecule has 2 N–H and O–H groups in total. The Bertz CT molecular complexity index is 928. The molecule has 2 aromatic heterocycles. The summed E-state index contributed by atoms with van der Waals surface area (Å²) < 4.78 is 5.23. The highest BCUT2D eigenvalue weighted by Gasteiger charge is 2.11. The van der Waals surface area contributed by atoms with Crippen LogP contribution in [0.3, 0.4) is 0 Å².